The van der Waals surface area contributed by atoms with Crippen LogP contribution in [0.5, 0.6) is 0 Å². The van der Waals surface area contributed by atoms with E-state index in [1.807, 2.05) is 48.5 Å². The molecular formula is C24H20N6O3. The normalized spacial score (nSPS) is 12.2. The molecule has 3 aromatic carbocycles. The van der Waals surface area contributed by atoms with Crippen molar-refractivity contribution in [1.29, 1.82) is 0 Å². The molecule has 0 aliphatic rings. The fourth-order valence-corrected chi connectivity index (χ4v) is 4.04. The van der Waals surface area contributed by atoms with Gasteiger partial charge in [0.05, 0.1) is 16.6 Å². The lowest BCUT2D eigenvalue weighted by Crippen LogP contribution is -2.10. The third-order valence-electron chi connectivity index (χ3n) is 5.53. The number of carbonyl (C=O) groups is 1. The predicted molar refractivity (Wildman–Crippen MR) is 121 cm³/mol. The predicted octanol–water partition coefficient (Wildman–Crippen LogP) is 3.68. The van der Waals surface area contributed by atoms with Gasteiger partial charge in [0, 0.05) is 12.1 Å². The third kappa shape index (κ3) is 3.74. The van der Waals surface area contributed by atoms with E-state index in [9.17, 15) is 15.0 Å². The lowest BCUT2D eigenvalue weighted by molar-refractivity contribution is 0.0698. The fraction of sp³-hybridized carbons (Fsp3) is 0.125. The molecule has 0 aliphatic carbocycles. The van der Waals surface area contributed by atoms with Crippen LogP contribution in [-0.4, -0.2) is 46.4 Å². The molecule has 3 N–H and O–H groups in total. The number of hydrogen-bond donors (Lipinski definition) is 3. The van der Waals surface area contributed by atoms with Crippen LogP contribution in [0.25, 0.3) is 33.5 Å². The van der Waals surface area contributed by atoms with Crippen LogP contribution < -0.4 is 0 Å². The zero-order chi connectivity index (χ0) is 22.9. The molecular weight excluding hydrogens is 420 g/mol. The van der Waals surface area contributed by atoms with Crippen molar-refractivity contribution in [2.75, 3.05) is 0 Å². The molecule has 0 saturated heterocycles. The number of benzene rings is 3. The average molecular weight is 440 g/mol. The quantitative estimate of drug-likeness (QED) is 0.367. The smallest absolute Gasteiger partial charge is 0.337 e. The summed E-state index contributed by atoms with van der Waals surface area (Å²) in [6.45, 7) is 1.99. The van der Waals surface area contributed by atoms with E-state index in [0.717, 1.165) is 22.3 Å². The van der Waals surface area contributed by atoms with Crippen LogP contribution in [-0.2, 0) is 6.54 Å². The Morgan fingerprint density at radius 1 is 1.03 bits per heavy atom. The van der Waals surface area contributed by atoms with Crippen LogP contribution in [0.2, 0.25) is 0 Å². The van der Waals surface area contributed by atoms with E-state index in [2.05, 4.69) is 25.6 Å². The number of fused-ring (bicyclic) bond motifs is 1. The van der Waals surface area contributed by atoms with Crippen LogP contribution >= 0.6 is 0 Å². The van der Waals surface area contributed by atoms with Crippen LogP contribution in [0.4, 0.5) is 0 Å². The summed E-state index contributed by atoms with van der Waals surface area (Å²) in [6, 6.07) is 20.7. The van der Waals surface area contributed by atoms with Crippen molar-refractivity contribution < 1.29 is 15.0 Å². The Morgan fingerprint density at radius 2 is 1.79 bits per heavy atom. The number of imidazole rings is 1. The lowest BCUT2D eigenvalue weighted by Gasteiger charge is -2.13. The molecule has 5 rings (SSSR count). The number of H-pyrrole nitrogens is 1. The number of carboxylic acid groups (broad SMARTS) is 1. The molecule has 0 bridgehead atoms. The zero-order valence-electron chi connectivity index (χ0n) is 17.7. The fourth-order valence-electron chi connectivity index (χ4n) is 4.04. The molecule has 0 fully saturated rings. The largest absolute Gasteiger partial charge is 0.478 e. The van der Waals surface area contributed by atoms with Gasteiger partial charge in [-0.1, -0.05) is 54.6 Å². The summed E-state index contributed by atoms with van der Waals surface area (Å²) < 4.78 is 1.77. The number of aromatic amines is 1. The summed E-state index contributed by atoms with van der Waals surface area (Å²) in [5, 5.41) is 34.1. The zero-order valence-corrected chi connectivity index (χ0v) is 17.7. The molecule has 33 heavy (non-hydrogen) atoms. The minimum absolute atomic E-state index is 0.151. The second-order valence-electron chi connectivity index (χ2n) is 7.70. The van der Waals surface area contributed by atoms with E-state index in [1.165, 1.54) is 0 Å². The maximum Gasteiger partial charge on any atom is 0.337 e. The van der Waals surface area contributed by atoms with Crippen LogP contribution in [0, 0.1) is 0 Å². The van der Waals surface area contributed by atoms with Gasteiger partial charge in [0.2, 0.25) is 0 Å². The standard InChI is InChI=1S/C24H20N6O3/c1-14(31)23-25-20-8-4-7-19(24(32)33)21(20)30(23)13-15-9-11-16(12-10-15)17-5-2-3-6-18(17)22-26-28-29-27-22/h2-12,14,31H,13H2,1H3,(H,32,33)(H,26,27,28,29). The average Bonchev–Trinajstić information content (AvgIpc) is 3.48. The number of aliphatic hydroxyl groups excluding tert-OH is 1. The molecule has 9 nitrogen and oxygen atoms in total. The molecule has 0 spiro atoms. The highest BCUT2D eigenvalue weighted by atomic mass is 16.4. The number of aromatic nitrogens is 6. The molecule has 9 heteroatoms. The highest BCUT2D eigenvalue weighted by molar-refractivity contribution is 6.01. The van der Waals surface area contributed by atoms with E-state index in [1.54, 1.807) is 29.7 Å². The number of tetrazole rings is 1. The number of hydrogen-bond acceptors (Lipinski definition) is 6. The number of rotatable bonds is 6. The summed E-state index contributed by atoms with van der Waals surface area (Å²) in [5.41, 5.74) is 4.98. The molecule has 2 aromatic heterocycles. The number of carboxylic acids is 1. The first-order valence-electron chi connectivity index (χ1n) is 10.4. The summed E-state index contributed by atoms with van der Waals surface area (Å²) in [4.78, 5) is 16.3. The van der Waals surface area contributed by atoms with Crippen molar-refractivity contribution in [3.63, 3.8) is 0 Å². The van der Waals surface area contributed by atoms with E-state index >= 15 is 0 Å². The van der Waals surface area contributed by atoms with E-state index in [0.29, 0.717) is 29.2 Å². The van der Waals surface area contributed by atoms with Crippen LogP contribution in [0.1, 0.15) is 34.8 Å². The molecule has 0 radical (unpaired) electrons. The highest BCUT2D eigenvalue weighted by Gasteiger charge is 2.20. The Hall–Kier alpha value is -4.37. The van der Waals surface area contributed by atoms with Gasteiger partial charge in [-0.15, -0.1) is 5.10 Å². The molecule has 1 unspecified atom stereocenters. The van der Waals surface area contributed by atoms with E-state index in [4.69, 9.17) is 0 Å². The van der Waals surface area contributed by atoms with Crippen LogP contribution in [0.3, 0.4) is 0 Å². The second kappa shape index (κ2) is 8.29. The first kappa shape index (κ1) is 20.5. The topological polar surface area (TPSA) is 130 Å². The Kier molecular flexibility index (Phi) is 5.15. The van der Waals surface area contributed by atoms with Gasteiger partial charge < -0.3 is 14.8 Å². The summed E-state index contributed by atoms with van der Waals surface area (Å²) in [7, 11) is 0. The van der Waals surface area contributed by atoms with Crippen molar-refractivity contribution in [2.45, 2.75) is 19.6 Å². The van der Waals surface area contributed by atoms with Gasteiger partial charge in [0.25, 0.3) is 0 Å². The van der Waals surface area contributed by atoms with E-state index < -0.39 is 12.1 Å². The van der Waals surface area contributed by atoms with Crippen molar-refractivity contribution in [2.24, 2.45) is 0 Å². The third-order valence-corrected chi connectivity index (χ3v) is 5.53. The minimum atomic E-state index is -1.03. The number of aliphatic hydroxyl groups is 1. The number of nitrogens with zero attached hydrogens (tertiary/aromatic N) is 5. The SMILES string of the molecule is CC(O)c1nc2cccc(C(=O)O)c2n1Cc1ccc(-c2ccccc2-c2nnn[nH]2)cc1. The summed E-state index contributed by atoms with van der Waals surface area (Å²) in [6.07, 6.45) is -0.847. The number of para-hydroxylation sites is 1. The van der Waals surface area contributed by atoms with Gasteiger partial charge in [0.1, 0.15) is 11.9 Å². The molecule has 5 aromatic rings. The van der Waals surface area contributed by atoms with E-state index in [-0.39, 0.29) is 5.56 Å². The highest BCUT2D eigenvalue weighted by Crippen LogP contribution is 2.30. The number of aromatic carboxylic acids is 1. The van der Waals surface area contributed by atoms with Gasteiger partial charge in [-0.2, -0.15) is 0 Å². The minimum Gasteiger partial charge on any atom is -0.478 e. The van der Waals surface area contributed by atoms with Crippen molar-refractivity contribution >= 4 is 17.0 Å². The molecule has 0 aliphatic heterocycles. The Bertz CT molecular complexity index is 1440. The molecule has 0 amide bonds. The van der Waals surface area contributed by atoms with Crippen molar-refractivity contribution in [3.05, 3.63) is 83.7 Å². The van der Waals surface area contributed by atoms with Gasteiger partial charge in [-0.3, -0.25) is 0 Å². The van der Waals surface area contributed by atoms with Crippen LogP contribution in [0.15, 0.2) is 66.7 Å². The molecule has 1 atom stereocenters. The van der Waals surface area contributed by atoms with Gasteiger partial charge >= 0.3 is 5.97 Å². The lowest BCUT2D eigenvalue weighted by atomic mass is 9.98. The first-order chi connectivity index (χ1) is 16.0. The first-order valence-corrected chi connectivity index (χ1v) is 10.4. The molecule has 0 saturated carbocycles. The Morgan fingerprint density at radius 3 is 2.45 bits per heavy atom. The number of nitrogens with one attached hydrogen (secondary N) is 1. The maximum absolute atomic E-state index is 11.8. The van der Waals surface area contributed by atoms with Crippen molar-refractivity contribution in [1.82, 2.24) is 30.2 Å². The Labute approximate surface area is 188 Å². The van der Waals surface area contributed by atoms with Gasteiger partial charge in [-0.25, -0.2) is 14.9 Å². The second-order valence-corrected chi connectivity index (χ2v) is 7.70. The summed E-state index contributed by atoms with van der Waals surface area (Å²) >= 11 is 0. The molecule has 164 valence electrons. The summed E-state index contributed by atoms with van der Waals surface area (Å²) in [5.74, 6) is -0.0268. The van der Waals surface area contributed by atoms with Gasteiger partial charge in [0.15, 0.2) is 5.82 Å². The van der Waals surface area contributed by atoms with Gasteiger partial charge in [-0.05, 0) is 46.2 Å². The Balaban J connectivity index is 1.54. The maximum atomic E-state index is 11.8. The molecule has 2 heterocycles. The van der Waals surface area contributed by atoms with Crippen molar-refractivity contribution in [3.8, 4) is 22.5 Å². The monoisotopic (exact) mass is 440 g/mol.